The van der Waals surface area contributed by atoms with Crippen molar-refractivity contribution in [2.75, 3.05) is 10.8 Å². The molecule has 0 bridgehead atoms. The van der Waals surface area contributed by atoms with Gasteiger partial charge in [0.15, 0.2) is 0 Å². The van der Waals surface area contributed by atoms with E-state index < -0.39 is 28.5 Å². The number of benzene rings is 3. The van der Waals surface area contributed by atoms with Crippen molar-refractivity contribution < 1.29 is 18.0 Å². The third-order valence-corrected chi connectivity index (χ3v) is 8.12. The van der Waals surface area contributed by atoms with Gasteiger partial charge in [-0.1, -0.05) is 59.1 Å². The van der Waals surface area contributed by atoms with E-state index in [9.17, 15) is 18.0 Å². The summed E-state index contributed by atoms with van der Waals surface area (Å²) in [5.74, 6) is -0.903. The molecule has 0 heterocycles. The number of carbonyl (C=O) groups excluding carboxylic acids is 2. The lowest BCUT2D eigenvalue weighted by atomic mass is 10.1. The number of anilines is 1. The van der Waals surface area contributed by atoms with Crippen molar-refractivity contribution in [2.45, 2.75) is 51.2 Å². The van der Waals surface area contributed by atoms with Gasteiger partial charge in [0.05, 0.1) is 10.6 Å². The lowest BCUT2D eigenvalue weighted by Crippen LogP contribution is -2.52. The van der Waals surface area contributed by atoms with Crippen molar-refractivity contribution in [3.05, 3.63) is 94.0 Å². The van der Waals surface area contributed by atoms with Crippen LogP contribution in [0.3, 0.4) is 0 Å². The number of aryl methyl sites for hydroxylation is 1. The van der Waals surface area contributed by atoms with Crippen LogP contribution >= 0.6 is 23.2 Å². The second-order valence-electron chi connectivity index (χ2n) is 9.29. The number of sulfonamides is 1. The molecule has 1 N–H and O–H groups in total. The maximum atomic E-state index is 13.8. The van der Waals surface area contributed by atoms with Gasteiger partial charge in [-0.2, -0.15) is 0 Å². The van der Waals surface area contributed by atoms with E-state index in [4.69, 9.17) is 23.2 Å². The van der Waals surface area contributed by atoms with E-state index in [0.29, 0.717) is 10.0 Å². The second-order valence-corrected chi connectivity index (χ2v) is 12.0. The average Bonchev–Trinajstić information content (AvgIpc) is 2.86. The number of amides is 2. The smallest absolute Gasteiger partial charge is 0.264 e. The topological polar surface area (TPSA) is 86.8 Å². The molecular formula is C28H31Cl2N3O4S. The van der Waals surface area contributed by atoms with E-state index in [0.717, 1.165) is 15.4 Å². The number of carbonyl (C=O) groups is 2. The third kappa shape index (κ3) is 7.49. The fourth-order valence-electron chi connectivity index (χ4n) is 3.77. The number of hydrogen-bond donors (Lipinski definition) is 1. The van der Waals surface area contributed by atoms with Crippen LogP contribution in [0.15, 0.2) is 77.7 Å². The summed E-state index contributed by atoms with van der Waals surface area (Å²) in [6.07, 6.45) is 0. The standard InChI is InChI=1S/C28H31Cl2N3O4S/c1-19(2)31-28(35)21(4)32(17-22-10-12-23(29)13-11-22)27(34)18-33(25-7-5-6-24(30)16-25)38(36,37)26-14-8-20(3)9-15-26/h5-16,19,21H,17-18H2,1-4H3,(H,31,35)/t21-/m1/s1. The lowest BCUT2D eigenvalue weighted by molar-refractivity contribution is -0.139. The van der Waals surface area contributed by atoms with Gasteiger partial charge < -0.3 is 10.2 Å². The zero-order valence-corrected chi connectivity index (χ0v) is 24.0. The highest BCUT2D eigenvalue weighted by Crippen LogP contribution is 2.27. The summed E-state index contributed by atoms with van der Waals surface area (Å²) in [7, 11) is -4.15. The largest absolute Gasteiger partial charge is 0.352 e. The highest BCUT2D eigenvalue weighted by atomic mass is 35.5. The first-order chi connectivity index (χ1) is 17.9. The van der Waals surface area contributed by atoms with E-state index in [1.807, 2.05) is 20.8 Å². The molecule has 38 heavy (non-hydrogen) atoms. The van der Waals surface area contributed by atoms with E-state index in [-0.39, 0.29) is 29.1 Å². The average molecular weight is 577 g/mol. The van der Waals surface area contributed by atoms with Crippen LogP contribution in [0.4, 0.5) is 5.69 Å². The number of rotatable bonds is 10. The molecule has 0 unspecified atom stereocenters. The Labute approximate surface area is 234 Å². The van der Waals surface area contributed by atoms with Gasteiger partial charge in [0, 0.05) is 22.6 Å². The molecule has 3 rings (SSSR count). The van der Waals surface area contributed by atoms with Gasteiger partial charge in [-0.15, -0.1) is 0 Å². The highest BCUT2D eigenvalue weighted by molar-refractivity contribution is 7.92. The molecule has 7 nitrogen and oxygen atoms in total. The predicted octanol–water partition coefficient (Wildman–Crippen LogP) is 5.44. The summed E-state index contributed by atoms with van der Waals surface area (Å²) in [5, 5.41) is 3.68. The van der Waals surface area contributed by atoms with Crippen LogP contribution in [0.2, 0.25) is 10.0 Å². The Bertz CT molecular complexity index is 1380. The molecule has 3 aromatic rings. The first-order valence-corrected chi connectivity index (χ1v) is 14.3. The Kier molecular flexibility index (Phi) is 9.82. The van der Waals surface area contributed by atoms with Crippen molar-refractivity contribution in [1.82, 2.24) is 10.2 Å². The monoisotopic (exact) mass is 575 g/mol. The van der Waals surface area contributed by atoms with Crippen LogP contribution in [-0.2, 0) is 26.2 Å². The Morgan fingerprint density at radius 3 is 2.11 bits per heavy atom. The van der Waals surface area contributed by atoms with Crippen LogP contribution in [0, 0.1) is 6.92 Å². The SMILES string of the molecule is Cc1ccc(S(=O)(=O)N(CC(=O)N(Cc2ccc(Cl)cc2)[C@H](C)C(=O)NC(C)C)c2cccc(Cl)c2)cc1. The molecule has 0 aromatic heterocycles. The lowest BCUT2D eigenvalue weighted by Gasteiger charge is -2.32. The van der Waals surface area contributed by atoms with E-state index in [1.54, 1.807) is 61.5 Å². The summed E-state index contributed by atoms with van der Waals surface area (Å²) >= 11 is 12.2. The molecule has 0 spiro atoms. The first kappa shape index (κ1) is 29.5. The fraction of sp³-hybridized carbons (Fsp3) is 0.286. The second kappa shape index (κ2) is 12.7. The summed E-state index contributed by atoms with van der Waals surface area (Å²) in [4.78, 5) is 28.1. The molecule has 2 amide bonds. The Morgan fingerprint density at radius 1 is 0.895 bits per heavy atom. The molecule has 0 radical (unpaired) electrons. The van der Waals surface area contributed by atoms with Gasteiger partial charge in [0.25, 0.3) is 10.0 Å². The molecule has 1 atom stereocenters. The van der Waals surface area contributed by atoms with Crippen LogP contribution < -0.4 is 9.62 Å². The van der Waals surface area contributed by atoms with Crippen LogP contribution in [0.1, 0.15) is 31.9 Å². The van der Waals surface area contributed by atoms with Crippen molar-refractivity contribution in [3.8, 4) is 0 Å². The van der Waals surface area contributed by atoms with E-state index in [2.05, 4.69) is 5.32 Å². The summed E-state index contributed by atoms with van der Waals surface area (Å²) in [6.45, 7) is 6.66. The van der Waals surface area contributed by atoms with E-state index in [1.165, 1.54) is 23.1 Å². The minimum atomic E-state index is -4.15. The highest BCUT2D eigenvalue weighted by Gasteiger charge is 2.32. The van der Waals surface area contributed by atoms with Crippen molar-refractivity contribution in [2.24, 2.45) is 0 Å². The molecule has 0 fully saturated rings. The number of halogens is 2. The van der Waals surface area contributed by atoms with E-state index >= 15 is 0 Å². The fourth-order valence-corrected chi connectivity index (χ4v) is 5.49. The summed E-state index contributed by atoms with van der Waals surface area (Å²) in [5.41, 5.74) is 1.87. The van der Waals surface area contributed by atoms with Crippen molar-refractivity contribution in [3.63, 3.8) is 0 Å². The minimum Gasteiger partial charge on any atom is -0.352 e. The van der Waals surface area contributed by atoms with Crippen LogP contribution in [-0.4, -0.2) is 43.8 Å². The molecule has 0 saturated heterocycles. The first-order valence-electron chi connectivity index (χ1n) is 12.1. The van der Waals surface area contributed by atoms with Gasteiger partial charge >= 0.3 is 0 Å². The van der Waals surface area contributed by atoms with Crippen molar-refractivity contribution in [1.29, 1.82) is 0 Å². The van der Waals surface area contributed by atoms with Crippen LogP contribution in [0.5, 0.6) is 0 Å². The zero-order valence-electron chi connectivity index (χ0n) is 21.7. The van der Waals surface area contributed by atoms with Gasteiger partial charge in [0.2, 0.25) is 11.8 Å². The van der Waals surface area contributed by atoms with Crippen LogP contribution in [0.25, 0.3) is 0 Å². The third-order valence-electron chi connectivity index (χ3n) is 5.85. The predicted molar refractivity (Wildman–Crippen MR) is 152 cm³/mol. The molecule has 0 saturated carbocycles. The summed E-state index contributed by atoms with van der Waals surface area (Å²) < 4.78 is 28.6. The molecule has 0 aliphatic rings. The normalized spacial score (nSPS) is 12.2. The maximum Gasteiger partial charge on any atom is 0.264 e. The van der Waals surface area contributed by atoms with Gasteiger partial charge in [-0.25, -0.2) is 8.42 Å². The summed E-state index contributed by atoms with van der Waals surface area (Å²) in [6, 6.07) is 18.6. The molecular weight excluding hydrogens is 545 g/mol. The van der Waals surface area contributed by atoms with Gasteiger partial charge in [-0.05, 0) is 75.7 Å². The molecule has 202 valence electrons. The molecule has 0 aliphatic carbocycles. The molecule has 0 aliphatic heterocycles. The molecule has 10 heteroatoms. The zero-order chi connectivity index (χ0) is 28.0. The van der Waals surface area contributed by atoms with Gasteiger partial charge in [0.1, 0.15) is 12.6 Å². The number of nitrogens with zero attached hydrogens (tertiary/aromatic N) is 2. The number of hydrogen-bond acceptors (Lipinski definition) is 4. The minimum absolute atomic E-state index is 0.0331. The molecule has 3 aromatic carbocycles. The Balaban J connectivity index is 2.03. The number of nitrogens with one attached hydrogen (secondary N) is 1. The van der Waals surface area contributed by atoms with Crippen molar-refractivity contribution >= 4 is 50.7 Å². The maximum absolute atomic E-state index is 13.8. The quantitative estimate of drug-likeness (QED) is 0.348. The Morgan fingerprint density at radius 2 is 1.53 bits per heavy atom. The Hall–Kier alpha value is -3.07. The van der Waals surface area contributed by atoms with Gasteiger partial charge in [-0.3, -0.25) is 13.9 Å².